The van der Waals surface area contributed by atoms with Gasteiger partial charge in [-0.1, -0.05) is 76.2 Å². The molecule has 0 fully saturated rings. The number of nitrogens with two attached hydrogens (primary N) is 1. The van der Waals surface area contributed by atoms with Crippen LogP contribution >= 0.6 is 0 Å². The third-order valence-electron chi connectivity index (χ3n) is 6.11. The quantitative estimate of drug-likeness (QED) is 0.355. The van der Waals surface area contributed by atoms with Gasteiger partial charge in [-0.3, -0.25) is 9.59 Å². The van der Waals surface area contributed by atoms with Gasteiger partial charge in [-0.05, 0) is 36.5 Å². The molecular weight excluding hydrogens is 478 g/mol. The summed E-state index contributed by atoms with van der Waals surface area (Å²) in [5.41, 5.74) is 5.23. The molecule has 0 spiro atoms. The highest BCUT2D eigenvalue weighted by Gasteiger charge is 2.33. The molecule has 4 N–H and O–H groups in total. The van der Waals surface area contributed by atoms with E-state index in [4.69, 9.17) is 5.73 Å². The maximum atomic E-state index is 13.4. The van der Waals surface area contributed by atoms with E-state index in [1.165, 1.54) is 16.4 Å². The summed E-state index contributed by atoms with van der Waals surface area (Å²) in [6.45, 7) is 7.20. The number of primary amides is 1. The number of rotatable bonds is 14. The molecule has 2 aromatic rings. The van der Waals surface area contributed by atoms with E-state index in [0.29, 0.717) is 6.42 Å². The summed E-state index contributed by atoms with van der Waals surface area (Å²) in [7, 11) is -3.87. The molecule has 198 valence electrons. The van der Waals surface area contributed by atoms with Gasteiger partial charge in [0.15, 0.2) is 0 Å². The number of aliphatic hydroxyl groups is 1. The highest BCUT2D eigenvalue weighted by Crippen LogP contribution is 2.21. The summed E-state index contributed by atoms with van der Waals surface area (Å²) >= 11 is 0. The first-order valence-electron chi connectivity index (χ1n) is 12.2. The second-order valence-electron chi connectivity index (χ2n) is 10.2. The van der Waals surface area contributed by atoms with Crippen molar-refractivity contribution in [3.05, 3.63) is 66.2 Å². The fourth-order valence-corrected chi connectivity index (χ4v) is 5.18. The second kappa shape index (κ2) is 13.0. The topological polar surface area (TPSA) is 130 Å². The lowest BCUT2D eigenvalue weighted by molar-refractivity contribution is -0.133. The second-order valence-corrected chi connectivity index (χ2v) is 12.2. The Labute approximate surface area is 214 Å². The number of carbonyl (C=O) groups excluding carboxylic acids is 2. The lowest BCUT2D eigenvalue weighted by atomic mass is 9.88. The first-order chi connectivity index (χ1) is 16.8. The van der Waals surface area contributed by atoms with Crippen molar-refractivity contribution < 1.29 is 23.1 Å². The number of carbonyl (C=O) groups is 2. The number of hydrogen-bond acceptors (Lipinski definition) is 5. The molecule has 2 rings (SSSR count). The van der Waals surface area contributed by atoms with Gasteiger partial charge in [0.05, 0.1) is 22.5 Å². The molecule has 8 nitrogen and oxygen atoms in total. The lowest BCUT2D eigenvalue weighted by Crippen LogP contribution is -2.51. The van der Waals surface area contributed by atoms with Crippen molar-refractivity contribution in [2.75, 3.05) is 13.1 Å². The summed E-state index contributed by atoms with van der Waals surface area (Å²) < 4.78 is 28.1. The van der Waals surface area contributed by atoms with Crippen molar-refractivity contribution >= 4 is 21.8 Å². The molecule has 9 heteroatoms. The van der Waals surface area contributed by atoms with Crippen LogP contribution in [0.3, 0.4) is 0 Å². The molecule has 2 amide bonds. The Morgan fingerprint density at radius 3 is 2.11 bits per heavy atom. The molecule has 0 aliphatic heterocycles. The van der Waals surface area contributed by atoms with Crippen LogP contribution in [-0.4, -0.2) is 54.9 Å². The molecule has 0 unspecified atom stereocenters. The van der Waals surface area contributed by atoms with Gasteiger partial charge in [0, 0.05) is 19.5 Å². The third-order valence-corrected chi connectivity index (χ3v) is 7.99. The minimum Gasteiger partial charge on any atom is -0.390 e. The summed E-state index contributed by atoms with van der Waals surface area (Å²) in [6.07, 6.45) is -0.452. The third kappa shape index (κ3) is 8.72. The van der Waals surface area contributed by atoms with Crippen molar-refractivity contribution in [3.63, 3.8) is 0 Å². The monoisotopic (exact) mass is 517 g/mol. The average molecular weight is 518 g/mol. The summed E-state index contributed by atoms with van der Waals surface area (Å²) in [5.74, 6) is -0.795. The number of amides is 2. The van der Waals surface area contributed by atoms with Crippen LogP contribution < -0.4 is 11.1 Å². The summed E-state index contributed by atoms with van der Waals surface area (Å²) in [6, 6.07) is 16.6. The fraction of sp³-hybridized carbons (Fsp3) is 0.481. The van der Waals surface area contributed by atoms with Crippen LogP contribution in [0.2, 0.25) is 0 Å². The van der Waals surface area contributed by atoms with Gasteiger partial charge >= 0.3 is 0 Å². The SMILES string of the molecule is CC(C)CCN(C[C@@H](O)[C@H](Cc1ccccc1)NC(=O)CC(C)(C)C(N)=O)S(=O)(=O)c1ccccc1. The summed E-state index contributed by atoms with van der Waals surface area (Å²) in [4.78, 5) is 24.7. The van der Waals surface area contributed by atoms with E-state index in [-0.39, 0.29) is 36.7 Å². The molecule has 0 saturated heterocycles. The number of nitrogens with zero attached hydrogens (tertiary/aromatic N) is 1. The molecule has 2 atom stereocenters. The Kier molecular flexibility index (Phi) is 10.6. The molecule has 0 radical (unpaired) electrons. The molecule has 0 heterocycles. The lowest BCUT2D eigenvalue weighted by Gasteiger charge is -2.31. The Morgan fingerprint density at radius 2 is 1.58 bits per heavy atom. The summed E-state index contributed by atoms with van der Waals surface area (Å²) in [5, 5.41) is 14.1. The highest BCUT2D eigenvalue weighted by atomic mass is 32.2. The molecule has 36 heavy (non-hydrogen) atoms. The maximum absolute atomic E-state index is 13.4. The first kappa shape index (κ1) is 29.5. The molecule has 0 aliphatic carbocycles. The number of aliphatic hydroxyl groups excluding tert-OH is 1. The van der Waals surface area contributed by atoms with Crippen LogP contribution in [-0.2, 0) is 26.0 Å². The van der Waals surface area contributed by atoms with Gasteiger partial charge in [-0.25, -0.2) is 8.42 Å². The van der Waals surface area contributed by atoms with Crippen molar-refractivity contribution in [2.45, 2.75) is 64.0 Å². The van der Waals surface area contributed by atoms with Gasteiger partial charge in [0.25, 0.3) is 0 Å². The van der Waals surface area contributed by atoms with Gasteiger partial charge in [-0.15, -0.1) is 0 Å². The zero-order chi connectivity index (χ0) is 26.9. The standard InChI is InChI=1S/C27H39N3O5S/c1-20(2)15-16-30(36(34,35)22-13-9-6-10-14-22)19-24(31)23(17-21-11-7-5-8-12-21)29-25(32)18-27(3,4)26(28)33/h5-14,20,23-24,31H,15-19H2,1-4H3,(H2,28,33)(H,29,32)/t23-,24+/m0/s1. The largest absolute Gasteiger partial charge is 0.390 e. The Hall–Kier alpha value is -2.75. The zero-order valence-electron chi connectivity index (χ0n) is 21.6. The molecular formula is C27H39N3O5S. The fourth-order valence-electron chi connectivity index (χ4n) is 3.69. The number of sulfonamides is 1. The van der Waals surface area contributed by atoms with Crippen molar-refractivity contribution in [1.29, 1.82) is 0 Å². The van der Waals surface area contributed by atoms with Crippen LogP contribution in [0.5, 0.6) is 0 Å². The van der Waals surface area contributed by atoms with E-state index in [9.17, 15) is 23.1 Å². The number of nitrogens with one attached hydrogen (secondary N) is 1. The van der Waals surface area contributed by atoms with Crippen molar-refractivity contribution in [1.82, 2.24) is 9.62 Å². The first-order valence-corrected chi connectivity index (χ1v) is 13.6. The van der Waals surface area contributed by atoms with Gasteiger partial charge in [0.1, 0.15) is 0 Å². The number of benzene rings is 2. The van der Waals surface area contributed by atoms with E-state index in [1.54, 1.807) is 32.0 Å². The maximum Gasteiger partial charge on any atom is 0.243 e. The highest BCUT2D eigenvalue weighted by molar-refractivity contribution is 7.89. The van der Waals surface area contributed by atoms with E-state index in [1.807, 2.05) is 44.2 Å². The average Bonchev–Trinajstić information content (AvgIpc) is 2.81. The number of hydrogen-bond donors (Lipinski definition) is 3. The normalized spacial score (nSPS) is 14.0. The van der Waals surface area contributed by atoms with E-state index >= 15 is 0 Å². The van der Waals surface area contributed by atoms with E-state index in [2.05, 4.69) is 5.32 Å². The molecule has 0 saturated carbocycles. The van der Waals surface area contributed by atoms with Crippen molar-refractivity contribution in [3.8, 4) is 0 Å². The molecule has 0 bridgehead atoms. The van der Waals surface area contributed by atoms with Crippen LogP contribution in [0.1, 0.15) is 46.1 Å². The van der Waals surface area contributed by atoms with Gasteiger partial charge < -0.3 is 16.2 Å². The minimum absolute atomic E-state index is 0.146. The zero-order valence-corrected chi connectivity index (χ0v) is 22.4. The predicted octanol–water partition coefficient (Wildman–Crippen LogP) is 2.71. The van der Waals surface area contributed by atoms with Crippen LogP contribution in [0.4, 0.5) is 0 Å². The predicted molar refractivity (Wildman–Crippen MR) is 140 cm³/mol. The smallest absolute Gasteiger partial charge is 0.243 e. The van der Waals surface area contributed by atoms with Crippen LogP contribution in [0.15, 0.2) is 65.6 Å². The van der Waals surface area contributed by atoms with Crippen molar-refractivity contribution in [2.24, 2.45) is 17.1 Å². The van der Waals surface area contributed by atoms with E-state index in [0.717, 1.165) is 5.56 Å². The van der Waals surface area contributed by atoms with E-state index < -0.39 is 39.4 Å². The molecule has 0 aliphatic rings. The Balaban J connectivity index is 2.31. The molecule has 2 aromatic carbocycles. The minimum atomic E-state index is -3.87. The Morgan fingerprint density at radius 1 is 1.03 bits per heavy atom. The van der Waals surface area contributed by atoms with Gasteiger partial charge in [0.2, 0.25) is 21.8 Å². The van der Waals surface area contributed by atoms with Crippen LogP contribution in [0, 0.1) is 11.3 Å². The molecule has 0 aromatic heterocycles. The van der Waals surface area contributed by atoms with Gasteiger partial charge in [-0.2, -0.15) is 4.31 Å². The van der Waals surface area contributed by atoms with Crippen LogP contribution in [0.25, 0.3) is 0 Å². The Bertz CT molecular complexity index is 1090.